The van der Waals surface area contributed by atoms with Crippen LogP contribution in [-0.2, 0) is 17.1 Å². The summed E-state index contributed by atoms with van der Waals surface area (Å²) < 4.78 is 41.9. The predicted octanol–water partition coefficient (Wildman–Crippen LogP) is 1.97. The Labute approximate surface area is 142 Å². The molecule has 6 nitrogen and oxygen atoms in total. The van der Waals surface area contributed by atoms with Crippen molar-refractivity contribution in [3.8, 4) is 0 Å². The van der Waals surface area contributed by atoms with Gasteiger partial charge < -0.3 is 14.9 Å². The molecule has 1 N–H and O–H groups in total. The van der Waals surface area contributed by atoms with Crippen LogP contribution in [0.15, 0.2) is 0 Å². The Morgan fingerprint density at radius 3 is 2.64 bits per heavy atom. The third-order valence-corrected chi connectivity index (χ3v) is 5.37. The first kappa shape index (κ1) is 16.4. The quantitative estimate of drug-likeness (QED) is 0.890. The molecule has 9 heteroatoms. The van der Waals surface area contributed by atoms with Crippen LogP contribution >= 0.6 is 0 Å². The summed E-state index contributed by atoms with van der Waals surface area (Å²) in [6.45, 7) is 2.73. The fraction of sp³-hybridized carbons (Fsp3) is 0.688. The Kier molecular flexibility index (Phi) is 3.59. The van der Waals surface area contributed by atoms with Crippen molar-refractivity contribution < 1.29 is 23.1 Å². The number of rotatable bonds is 4. The van der Waals surface area contributed by atoms with Crippen molar-refractivity contribution in [1.29, 1.82) is 0 Å². The van der Waals surface area contributed by atoms with Crippen LogP contribution in [0, 0.1) is 5.92 Å². The fourth-order valence-corrected chi connectivity index (χ4v) is 3.73. The predicted molar refractivity (Wildman–Crippen MR) is 83.9 cm³/mol. The minimum absolute atomic E-state index is 0.00775. The third-order valence-electron chi connectivity index (χ3n) is 5.37. The van der Waals surface area contributed by atoms with Crippen LogP contribution < -0.4 is 9.80 Å². The van der Waals surface area contributed by atoms with E-state index in [1.807, 2.05) is 4.90 Å². The highest BCUT2D eigenvalue weighted by Gasteiger charge is 2.46. The number of carbonyl (C=O) groups is 1. The summed E-state index contributed by atoms with van der Waals surface area (Å²) in [7, 11) is 0. The first-order valence-corrected chi connectivity index (χ1v) is 8.43. The maximum Gasteiger partial charge on any atom is 0.303 e. The number of carboxylic acid groups (broad SMARTS) is 1. The maximum atomic E-state index is 14.2. The van der Waals surface area contributed by atoms with E-state index in [1.165, 1.54) is 0 Å². The molecule has 0 saturated carbocycles. The molecule has 3 heterocycles. The largest absolute Gasteiger partial charge is 0.481 e. The minimum atomic E-state index is -3.00. The van der Waals surface area contributed by atoms with Crippen LogP contribution in [-0.4, -0.2) is 52.9 Å². The summed E-state index contributed by atoms with van der Waals surface area (Å²) in [5.41, 5.74) is 0.177. The molecular weight excluding hydrogens is 337 g/mol. The van der Waals surface area contributed by atoms with E-state index in [2.05, 4.69) is 9.97 Å². The molecule has 0 aromatic carbocycles. The fourth-order valence-electron chi connectivity index (χ4n) is 3.73. The van der Waals surface area contributed by atoms with Crippen LogP contribution in [0.2, 0.25) is 0 Å². The zero-order chi connectivity index (χ0) is 17.9. The van der Waals surface area contributed by atoms with Crippen LogP contribution in [0.3, 0.4) is 0 Å². The second-order valence-electron chi connectivity index (χ2n) is 7.16. The van der Waals surface area contributed by atoms with E-state index in [0.29, 0.717) is 24.5 Å². The highest BCUT2D eigenvalue weighted by atomic mass is 19.3. The summed E-state index contributed by atoms with van der Waals surface area (Å²) in [5, 5.41) is 8.85. The van der Waals surface area contributed by atoms with Crippen molar-refractivity contribution in [3.05, 3.63) is 11.3 Å². The lowest BCUT2D eigenvalue weighted by Crippen LogP contribution is -2.57. The first-order valence-electron chi connectivity index (χ1n) is 8.43. The standard InChI is InChI=1S/C16H19F3N4O2/c1-8-11(17)7-23(8)15-20-13-10(2-3-16(13,18)19)14(21-15)22-5-9(6-22)4-12(24)25/h8-9,11H,2-7H2,1H3,(H,24,25)/t8-,11-/m1/s1. The van der Waals surface area contributed by atoms with Gasteiger partial charge in [0.1, 0.15) is 17.7 Å². The zero-order valence-electron chi connectivity index (χ0n) is 13.8. The Hall–Kier alpha value is -2.06. The molecule has 4 rings (SSSR count). The molecule has 2 atom stereocenters. The number of halogens is 3. The van der Waals surface area contributed by atoms with Gasteiger partial charge >= 0.3 is 5.97 Å². The third kappa shape index (κ3) is 2.60. The Morgan fingerprint density at radius 1 is 1.32 bits per heavy atom. The molecule has 0 unspecified atom stereocenters. The monoisotopic (exact) mass is 356 g/mol. The average molecular weight is 356 g/mol. The van der Waals surface area contributed by atoms with Gasteiger partial charge in [-0.05, 0) is 13.3 Å². The topological polar surface area (TPSA) is 69.6 Å². The van der Waals surface area contributed by atoms with E-state index in [9.17, 15) is 18.0 Å². The number of fused-ring (bicyclic) bond motifs is 1. The number of carboxylic acids is 1. The van der Waals surface area contributed by atoms with Crippen LogP contribution in [0.4, 0.5) is 24.9 Å². The van der Waals surface area contributed by atoms with E-state index in [0.717, 1.165) is 0 Å². The SMILES string of the molecule is C[C@@H]1[C@H](F)CN1c1nc(N2CC(CC(=O)O)C2)c2c(n1)C(F)(F)CC2. The van der Waals surface area contributed by atoms with Gasteiger partial charge in [-0.2, -0.15) is 13.8 Å². The van der Waals surface area contributed by atoms with Crippen molar-refractivity contribution in [3.63, 3.8) is 0 Å². The van der Waals surface area contributed by atoms with E-state index in [4.69, 9.17) is 5.11 Å². The normalized spacial score (nSPS) is 27.7. The van der Waals surface area contributed by atoms with Gasteiger partial charge in [-0.3, -0.25) is 4.79 Å². The molecular formula is C16H19F3N4O2. The second-order valence-corrected chi connectivity index (χ2v) is 7.16. The molecule has 1 aromatic heterocycles. The Morgan fingerprint density at radius 2 is 2.04 bits per heavy atom. The Balaban J connectivity index is 1.65. The van der Waals surface area contributed by atoms with Crippen molar-refractivity contribution in [1.82, 2.24) is 9.97 Å². The summed E-state index contributed by atoms with van der Waals surface area (Å²) in [4.78, 5) is 22.7. The number of aromatic nitrogens is 2. The van der Waals surface area contributed by atoms with Gasteiger partial charge in [0.05, 0.1) is 19.0 Å². The van der Waals surface area contributed by atoms with Crippen LogP contribution in [0.25, 0.3) is 0 Å². The first-order chi connectivity index (χ1) is 11.8. The van der Waals surface area contributed by atoms with Gasteiger partial charge in [-0.15, -0.1) is 0 Å². The number of hydrogen-bond acceptors (Lipinski definition) is 5. The summed E-state index contributed by atoms with van der Waals surface area (Å²) in [6, 6.07) is -0.433. The smallest absolute Gasteiger partial charge is 0.303 e. The maximum absolute atomic E-state index is 14.2. The van der Waals surface area contributed by atoms with Gasteiger partial charge in [0.25, 0.3) is 5.92 Å². The van der Waals surface area contributed by atoms with Gasteiger partial charge in [0.2, 0.25) is 5.95 Å². The van der Waals surface area contributed by atoms with Gasteiger partial charge in [0, 0.05) is 31.0 Å². The lowest BCUT2D eigenvalue weighted by molar-refractivity contribution is -0.138. The summed E-state index contributed by atoms with van der Waals surface area (Å²) >= 11 is 0. The number of hydrogen-bond donors (Lipinski definition) is 1. The molecule has 25 heavy (non-hydrogen) atoms. The molecule has 1 aromatic rings. The van der Waals surface area contributed by atoms with Gasteiger partial charge in [-0.1, -0.05) is 0 Å². The van der Waals surface area contributed by atoms with Crippen molar-refractivity contribution in [2.75, 3.05) is 29.4 Å². The number of nitrogens with zero attached hydrogens (tertiary/aromatic N) is 4. The average Bonchev–Trinajstić information content (AvgIpc) is 2.82. The molecule has 136 valence electrons. The van der Waals surface area contributed by atoms with Crippen molar-refractivity contribution >= 4 is 17.7 Å². The Bertz CT molecular complexity index is 724. The van der Waals surface area contributed by atoms with Crippen molar-refractivity contribution in [2.24, 2.45) is 5.92 Å². The van der Waals surface area contributed by atoms with E-state index in [-0.39, 0.29) is 43.4 Å². The van der Waals surface area contributed by atoms with Crippen LogP contribution in [0.5, 0.6) is 0 Å². The number of alkyl halides is 3. The van der Waals surface area contributed by atoms with Gasteiger partial charge in [0.15, 0.2) is 0 Å². The lowest BCUT2D eigenvalue weighted by atomic mass is 9.96. The minimum Gasteiger partial charge on any atom is -0.481 e. The highest BCUT2D eigenvalue weighted by molar-refractivity contribution is 5.68. The molecule has 2 fully saturated rings. The summed E-state index contributed by atoms with van der Waals surface area (Å²) in [6.07, 6.45) is -1.07. The van der Waals surface area contributed by atoms with Crippen molar-refractivity contribution in [2.45, 2.75) is 44.3 Å². The summed E-state index contributed by atoms with van der Waals surface area (Å²) in [5.74, 6) is -3.29. The lowest BCUT2D eigenvalue weighted by Gasteiger charge is -2.44. The number of aliphatic carboxylic acids is 1. The molecule has 3 aliphatic rings. The van der Waals surface area contributed by atoms with E-state index in [1.54, 1.807) is 11.8 Å². The number of anilines is 2. The highest BCUT2D eigenvalue weighted by Crippen LogP contribution is 2.45. The van der Waals surface area contributed by atoms with Gasteiger partial charge in [-0.25, -0.2) is 9.37 Å². The second kappa shape index (κ2) is 5.47. The molecule has 0 radical (unpaired) electrons. The van der Waals surface area contributed by atoms with E-state index >= 15 is 0 Å². The zero-order valence-corrected chi connectivity index (χ0v) is 13.8. The molecule has 2 saturated heterocycles. The molecule has 0 bridgehead atoms. The molecule has 0 amide bonds. The van der Waals surface area contributed by atoms with Crippen LogP contribution in [0.1, 0.15) is 31.0 Å². The molecule has 2 aliphatic heterocycles. The van der Waals surface area contributed by atoms with E-state index < -0.39 is 24.1 Å². The molecule has 0 spiro atoms. The molecule has 1 aliphatic carbocycles.